The standard InChI is InChI=1S/C10H12NO4S/c1-7-3-5-9(6-4-7)16(14,15)11-8(2)10(12)13/h3-6,8,11H,1-2H3. The van der Waals surface area contributed by atoms with Crippen LogP contribution in [0.15, 0.2) is 29.2 Å². The van der Waals surface area contributed by atoms with Crippen molar-refractivity contribution >= 4 is 16.0 Å². The van der Waals surface area contributed by atoms with Crippen molar-refractivity contribution in [2.45, 2.75) is 24.8 Å². The molecule has 0 bridgehead atoms. The molecular formula is C10H12NO4S. The topological polar surface area (TPSA) is 83.1 Å². The molecule has 1 aromatic rings. The summed E-state index contributed by atoms with van der Waals surface area (Å²) < 4.78 is 25.3. The van der Waals surface area contributed by atoms with Gasteiger partial charge in [0.05, 0.1) is 4.90 Å². The molecule has 1 rings (SSSR count). The SMILES string of the molecule is Cc1ccc(S(=O)(=O)NC(C)C([O])=O)cc1. The highest BCUT2D eigenvalue weighted by Gasteiger charge is 2.22. The predicted octanol–water partition coefficient (Wildman–Crippen LogP) is 0.619. The van der Waals surface area contributed by atoms with Gasteiger partial charge in [-0.2, -0.15) is 4.72 Å². The molecule has 1 aromatic carbocycles. The Balaban J connectivity index is 2.94. The fourth-order valence-corrected chi connectivity index (χ4v) is 2.26. The summed E-state index contributed by atoms with van der Waals surface area (Å²) in [6, 6.07) is 4.85. The summed E-state index contributed by atoms with van der Waals surface area (Å²) in [6.45, 7) is 3.04. The summed E-state index contributed by atoms with van der Waals surface area (Å²) in [6.07, 6.45) is 0. The second kappa shape index (κ2) is 4.63. The molecule has 0 spiro atoms. The van der Waals surface area contributed by atoms with Crippen molar-refractivity contribution in [2.24, 2.45) is 0 Å². The summed E-state index contributed by atoms with van der Waals surface area (Å²) in [5.41, 5.74) is 0.923. The third-order valence-corrected chi connectivity index (χ3v) is 3.57. The third kappa shape index (κ3) is 3.04. The average Bonchev–Trinajstić information content (AvgIpc) is 2.17. The molecule has 1 unspecified atom stereocenters. The lowest BCUT2D eigenvalue weighted by atomic mass is 10.2. The van der Waals surface area contributed by atoms with E-state index in [-0.39, 0.29) is 4.90 Å². The molecule has 1 atom stereocenters. The Bertz CT molecular complexity index is 478. The zero-order chi connectivity index (χ0) is 12.3. The Labute approximate surface area is 94.2 Å². The van der Waals surface area contributed by atoms with E-state index in [2.05, 4.69) is 0 Å². The lowest BCUT2D eigenvalue weighted by molar-refractivity contribution is -0.144. The highest BCUT2D eigenvalue weighted by Crippen LogP contribution is 2.10. The molecule has 0 aliphatic carbocycles. The molecule has 0 aliphatic rings. The zero-order valence-electron chi connectivity index (χ0n) is 8.93. The fourth-order valence-electron chi connectivity index (χ4n) is 1.07. The number of carbonyl (C=O) groups is 1. The molecule has 87 valence electrons. The van der Waals surface area contributed by atoms with Crippen molar-refractivity contribution in [3.63, 3.8) is 0 Å². The Kier molecular flexibility index (Phi) is 3.66. The van der Waals surface area contributed by atoms with Gasteiger partial charge in [0.2, 0.25) is 10.0 Å². The number of aryl methyl sites for hydroxylation is 1. The van der Waals surface area contributed by atoms with Crippen molar-refractivity contribution < 1.29 is 18.3 Å². The smallest absolute Gasteiger partial charge is 0.246 e. The normalized spacial score (nSPS) is 13.4. The van der Waals surface area contributed by atoms with Gasteiger partial charge in [-0.3, -0.25) is 0 Å². The molecule has 0 saturated carbocycles. The van der Waals surface area contributed by atoms with E-state index >= 15 is 0 Å². The van der Waals surface area contributed by atoms with E-state index in [4.69, 9.17) is 0 Å². The van der Waals surface area contributed by atoms with E-state index in [1.165, 1.54) is 19.1 Å². The van der Waals surface area contributed by atoms with Gasteiger partial charge in [-0.05, 0) is 26.0 Å². The van der Waals surface area contributed by atoms with Gasteiger partial charge in [0, 0.05) is 0 Å². The number of hydrogen-bond donors (Lipinski definition) is 1. The van der Waals surface area contributed by atoms with Crippen molar-refractivity contribution in [3.05, 3.63) is 29.8 Å². The number of rotatable bonds is 4. The molecular weight excluding hydrogens is 230 g/mol. The predicted molar refractivity (Wildman–Crippen MR) is 56.7 cm³/mol. The van der Waals surface area contributed by atoms with E-state index in [9.17, 15) is 18.3 Å². The van der Waals surface area contributed by atoms with Gasteiger partial charge < -0.3 is 0 Å². The number of sulfonamides is 1. The highest BCUT2D eigenvalue weighted by atomic mass is 32.2. The van der Waals surface area contributed by atoms with Gasteiger partial charge in [0.1, 0.15) is 6.04 Å². The Morgan fingerprint density at radius 3 is 2.19 bits per heavy atom. The number of benzene rings is 1. The monoisotopic (exact) mass is 242 g/mol. The maximum atomic E-state index is 11.7. The average molecular weight is 242 g/mol. The second-order valence-corrected chi connectivity index (χ2v) is 5.19. The minimum atomic E-state index is -3.79. The summed E-state index contributed by atoms with van der Waals surface area (Å²) in [4.78, 5) is 10.5. The van der Waals surface area contributed by atoms with Crippen LogP contribution in [0.3, 0.4) is 0 Å². The summed E-state index contributed by atoms with van der Waals surface area (Å²) >= 11 is 0. The Hall–Kier alpha value is -1.40. The van der Waals surface area contributed by atoms with Crippen molar-refractivity contribution in [2.75, 3.05) is 0 Å². The summed E-state index contributed by atoms with van der Waals surface area (Å²) in [5.74, 6) is -1.46. The third-order valence-electron chi connectivity index (χ3n) is 2.02. The molecule has 0 fully saturated rings. The number of nitrogens with one attached hydrogen (secondary N) is 1. The van der Waals surface area contributed by atoms with Crippen LogP contribution >= 0.6 is 0 Å². The van der Waals surface area contributed by atoms with Gasteiger partial charge in [-0.15, -0.1) is 0 Å². The van der Waals surface area contributed by atoms with E-state index < -0.39 is 22.0 Å². The van der Waals surface area contributed by atoms with E-state index in [0.29, 0.717) is 0 Å². The van der Waals surface area contributed by atoms with Crippen molar-refractivity contribution in [1.82, 2.24) is 4.72 Å². The van der Waals surface area contributed by atoms with Crippen LogP contribution < -0.4 is 4.72 Å². The first-order valence-electron chi connectivity index (χ1n) is 4.63. The molecule has 0 aromatic heterocycles. The minimum absolute atomic E-state index is 0.0335. The van der Waals surface area contributed by atoms with E-state index in [1.807, 2.05) is 11.6 Å². The molecule has 6 heteroatoms. The van der Waals surface area contributed by atoms with Crippen LogP contribution in [0, 0.1) is 6.92 Å². The summed E-state index contributed by atoms with van der Waals surface area (Å²) in [5, 5.41) is 10.4. The Morgan fingerprint density at radius 2 is 1.75 bits per heavy atom. The van der Waals surface area contributed by atoms with Crippen LogP contribution in [0.25, 0.3) is 0 Å². The first-order valence-corrected chi connectivity index (χ1v) is 6.11. The van der Waals surface area contributed by atoms with Crippen LogP contribution in [-0.2, 0) is 19.9 Å². The fraction of sp³-hybridized carbons (Fsp3) is 0.300. The van der Waals surface area contributed by atoms with Crippen molar-refractivity contribution in [3.8, 4) is 0 Å². The first-order chi connectivity index (χ1) is 7.33. The lowest BCUT2D eigenvalue weighted by Crippen LogP contribution is -2.37. The lowest BCUT2D eigenvalue weighted by Gasteiger charge is -2.09. The maximum Gasteiger partial charge on any atom is 0.373 e. The molecule has 0 saturated heterocycles. The van der Waals surface area contributed by atoms with Gasteiger partial charge in [0.15, 0.2) is 0 Å². The quantitative estimate of drug-likeness (QED) is 0.840. The number of carbonyl (C=O) groups excluding carboxylic acids is 1. The van der Waals surface area contributed by atoms with Gasteiger partial charge in [-0.25, -0.2) is 18.3 Å². The molecule has 0 heterocycles. The molecule has 0 amide bonds. The minimum Gasteiger partial charge on any atom is -0.246 e. The molecule has 16 heavy (non-hydrogen) atoms. The van der Waals surface area contributed by atoms with E-state index in [1.54, 1.807) is 12.1 Å². The summed E-state index contributed by atoms with van der Waals surface area (Å²) in [7, 11) is -3.79. The molecule has 1 N–H and O–H groups in total. The number of hydrogen-bond acceptors (Lipinski definition) is 3. The van der Waals surface area contributed by atoms with Crippen molar-refractivity contribution in [1.29, 1.82) is 0 Å². The second-order valence-electron chi connectivity index (χ2n) is 3.48. The zero-order valence-corrected chi connectivity index (χ0v) is 9.74. The molecule has 1 radical (unpaired) electrons. The van der Waals surface area contributed by atoms with Crippen LogP contribution in [0.4, 0.5) is 0 Å². The highest BCUT2D eigenvalue weighted by molar-refractivity contribution is 7.89. The van der Waals surface area contributed by atoms with Crippen LogP contribution in [0.1, 0.15) is 12.5 Å². The largest absolute Gasteiger partial charge is 0.373 e. The van der Waals surface area contributed by atoms with Crippen LogP contribution in [0.5, 0.6) is 0 Å². The van der Waals surface area contributed by atoms with Gasteiger partial charge in [-0.1, -0.05) is 17.7 Å². The Morgan fingerprint density at radius 1 is 1.25 bits per heavy atom. The maximum absolute atomic E-state index is 11.7. The molecule has 5 nitrogen and oxygen atoms in total. The van der Waals surface area contributed by atoms with Crippen LogP contribution in [0.2, 0.25) is 0 Å². The molecule has 0 aliphatic heterocycles. The van der Waals surface area contributed by atoms with Gasteiger partial charge in [0.25, 0.3) is 0 Å². The van der Waals surface area contributed by atoms with Crippen LogP contribution in [-0.4, -0.2) is 20.4 Å². The first kappa shape index (κ1) is 12.7. The van der Waals surface area contributed by atoms with E-state index in [0.717, 1.165) is 5.56 Å². The van der Waals surface area contributed by atoms with Gasteiger partial charge >= 0.3 is 5.97 Å².